The van der Waals surface area contributed by atoms with Crippen molar-refractivity contribution in [3.8, 4) is 85.1 Å². The van der Waals surface area contributed by atoms with E-state index in [9.17, 15) is 10.5 Å². The van der Waals surface area contributed by atoms with Crippen molar-refractivity contribution >= 4 is 21.8 Å². The molecule has 0 spiro atoms. The Kier molecular flexibility index (Phi) is 9.33. The van der Waals surface area contributed by atoms with E-state index in [0.29, 0.717) is 17.0 Å². The third-order valence-corrected chi connectivity index (χ3v) is 11.5. The first kappa shape index (κ1) is 36.9. The number of nitriles is 2. The molecular formula is C56H37N5. The molecule has 0 saturated heterocycles. The Labute approximate surface area is 354 Å². The Hall–Kier alpha value is -8.38. The highest BCUT2D eigenvalue weighted by Gasteiger charge is 2.23. The molecule has 0 N–H and O–H groups in total. The largest absolute Gasteiger partial charge is 0.308 e. The van der Waals surface area contributed by atoms with E-state index in [-0.39, 0.29) is 0 Å². The van der Waals surface area contributed by atoms with Crippen LogP contribution in [0.3, 0.4) is 0 Å². The van der Waals surface area contributed by atoms with E-state index in [0.717, 1.165) is 83.4 Å². The lowest BCUT2D eigenvalue weighted by Crippen LogP contribution is -2.03. The summed E-state index contributed by atoms with van der Waals surface area (Å²) in [4.78, 5) is 10.4. The molecule has 8 aromatic carbocycles. The van der Waals surface area contributed by atoms with Crippen LogP contribution in [0.15, 0.2) is 188 Å². The molecule has 5 nitrogen and oxygen atoms in total. The van der Waals surface area contributed by atoms with Gasteiger partial charge in [-0.3, -0.25) is 0 Å². The van der Waals surface area contributed by atoms with Crippen LogP contribution in [-0.4, -0.2) is 14.5 Å². The predicted octanol–water partition coefficient (Wildman–Crippen LogP) is 13.9. The van der Waals surface area contributed by atoms with Crippen molar-refractivity contribution < 1.29 is 0 Å². The number of rotatable bonds is 7. The minimum atomic E-state index is 0.584. The van der Waals surface area contributed by atoms with Crippen molar-refractivity contribution in [2.75, 3.05) is 0 Å². The highest BCUT2D eigenvalue weighted by molar-refractivity contribution is 6.12. The van der Waals surface area contributed by atoms with Crippen LogP contribution in [0.5, 0.6) is 0 Å². The highest BCUT2D eigenvalue weighted by Crippen LogP contribution is 2.45. The van der Waals surface area contributed by atoms with Gasteiger partial charge in [-0.25, -0.2) is 9.97 Å². The van der Waals surface area contributed by atoms with Gasteiger partial charge in [0, 0.05) is 38.6 Å². The maximum Gasteiger partial charge on any atom is 0.160 e. The Bertz CT molecular complexity index is 3230. The summed E-state index contributed by atoms with van der Waals surface area (Å²) in [5.41, 5.74) is 17.3. The lowest BCUT2D eigenvalue weighted by molar-refractivity contribution is 1.17. The SMILES string of the molecule is Cc1ccc(-c2ccc3c(c2)c2ccccc2n3-c2c(-c3ccc(C#N)cc3)cc(-c3cc(-c4ccccc4)nc(-c4ccccc4)n3)cc2-c2ccc(C#N)cc2)c(C)c1. The van der Waals surface area contributed by atoms with Gasteiger partial charge in [-0.2, -0.15) is 10.5 Å². The number of hydrogen-bond acceptors (Lipinski definition) is 4. The fourth-order valence-corrected chi connectivity index (χ4v) is 8.50. The molecule has 61 heavy (non-hydrogen) atoms. The quantitative estimate of drug-likeness (QED) is 0.161. The molecule has 0 unspecified atom stereocenters. The van der Waals surface area contributed by atoms with Gasteiger partial charge in [0.05, 0.1) is 51.4 Å². The first-order valence-electron chi connectivity index (χ1n) is 20.3. The molecule has 0 atom stereocenters. The summed E-state index contributed by atoms with van der Waals surface area (Å²) < 4.78 is 2.38. The summed E-state index contributed by atoms with van der Waals surface area (Å²) in [6.07, 6.45) is 0. The van der Waals surface area contributed by atoms with Crippen LogP contribution in [0.25, 0.3) is 94.8 Å². The molecule has 10 aromatic rings. The van der Waals surface area contributed by atoms with E-state index in [1.807, 2.05) is 97.1 Å². The Morgan fingerprint density at radius 2 is 0.951 bits per heavy atom. The second-order valence-electron chi connectivity index (χ2n) is 15.4. The second kappa shape index (κ2) is 15.4. The van der Waals surface area contributed by atoms with E-state index in [4.69, 9.17) is 9.97 Å². The number of benzene rings is 8. The van der Waals surface area contributed by atoms with Crippen molar-refractivity contribution in [2.45, 2.75) is 13.8 Å². The summed E-state index contributed by atoms with van der Waals surface area (Å²) in [5, 5.41) is 22.0. The third-order valence-electron chi connectivity index (χ3n) is 11.5. The predicted molar refractivity (Wildman–Crippen MR) is 248 cm³/mol. The molecule has 0 aliphatic heterocycles. The molecule has 0 bridgehead atoms. The van der Waals surface area contributed by atoms with Crippen molar-refractivity contribution in [1.82, 2.24) is 14.5 Å². The van der Waals surface area contributed by atoms with Gasteiger partial charge in [0.2, 0.25) is 0 Å². The molecule has 0 aliphatic carbocycles. The molecule has 0 fully saturated rings. The zero-order valence-corrected chi connectivity index (χ0v) is 33.6. The normalized spacial score (nSPS) is 11.1. The van der Waals surface area contributed by atoms with Gasteiger partial charge in [0.15, 0.2) is 5.82 Å². The maximum absolute atomic E-state index is 9.85. The summed E-state index contributed by atoms with van der Waals surface area (Å²) in [7, 11) is 0. The zero-order chi connectivity index (χ0) is 41.5. The first-order valence-corrected chi connectivity index (χ1v) is 20.3. The fraction of sp³-hybridized carbons (Fsp3) is 0.0357. The van der Waals surface area contributed by atoms with Crippen LogP contribution in [0.1, 0.15) is 22.3 Å². The molecule has 0 saturated carbocycles. The first-order chi connectivity index (χ1) is 29.9. The molecule has 0 aliphatic rings. The van der Waals surface area contributed by atoms with Crippen molar-refractivity contribution in [3.63, 3.8) is 0 Å². The van der Waals surface area contributed by atoms with Crippen LogP contribution in [0.4, 0.5) is 0 Å². The van der Waals surface area contributed by atoms with Crippen LogP contribution >= 0.6 is 0 Å². The summed E-state index contributed by atoms with van der Waals surface area (Å²) in [6.45, 7) is 4.30. The summed E-state index contributed by atoms with van der Waals surface area (Å²) in [5.74, 6) is 0.628. The van der Waals surface area contributed by atoms with E-state index >= 15 is 0 Å². The van der Waals surface area contributed by atoms with E-state index in [1.54, 1.807) is 0 Å². The van der Waals surface area contributed by atoms with E-state index in [1.165, 1.54) is 16.7 Å². The van der Waals surface area contributed by atoms with Gasteiger partial charge in [-0.05, 0) is 102 Å². The summed E-state index contributed by atoms with van der Waals surface area (Å²) >= 11 is 0. The van der Waals surface area contributed by atoms with Crippen LogP contribution in [0.2, 0.25) is 0 Å². The standard InChI is InChI=1S/C56H37N5/c1-36-17-27-46(37(2)29-36)44-26-28-54-50(30-44)47-15-9-10-16-53(47)61(54)55-48(40-22-18-38(34-57)19-23-40)31-45(32-49(55)41-24-20-39(35-58)21-25-41)52-33-51(42-11-5-3-6-12-42)59-56(60-52)43-13-7-4-8-14-43/h3-33H,1-2H3. The fourth-order valence-electron chi connectivity index (χ4n) is 8.50. The van der Waals surface area contributed by atoms with E-state index in [2.05, 4.69) is 122 Å². The molecular weight excluding hydrogens is 743 g/mol. The minimum Gasteiger partial charge on any atom is -0.308 e. The molecule has 10 rings (SSSR count). The monoisotopic (exact) mass is 779 g/mol. The smallest absolute Gasteiger partial charge is 0.160 e. The van der Waals surface area contributed by atoms with Gasteiger partial charge in [0.1, 0.15) is 0 Å². The van der Waals surface area contributed by atoms with Crippen LogP contribution in [-0.2, 0) is 0 Å². The van der Waals surface area contributed by atoms with Crippen LogP contribution in [0, 0.1) is 36.5 Å². The third kappa shape index (κ3) is 6.81. The lowest BCUT2D eigenvalue weighted by atomic mass is 9.91. The topological polar surface area (TPSA) is 78.3 Å². The summed E-state index contributed by atoms with van der Waals surface area (Å²) in [6, 6.07) is 69.0. The molecule has 2 aromatic heterocycles. The molecule has 0 amide bonds. The van der Waals surface area contributed by atoms with Gasteiger partial charge in [0.25, 0.3) is 0 Å². The number of nitrogens with zero attached hydrogens (tertiary/aromatic N) is 5. The molecule has 0 radical (unpaired) electrons. The van der Waals surface area contributed by atoms with Crippen LogP contribution < -0.4 is 0 Å². The van der Waals surface area contributed by atoms with E-state index < -0.39 is 0 Å². The lowest BCUT2D eigenvalue weighted by Gasteiger charge is -2.21. The average molecular weight is 780 g/mol. The second-order valence-corrected chi connectivity index (χ2v) is 15.4. The van der Waals surface area contributed by atoms with Gasteiger partial charge < -0.3 is 4.57 Å². The number of aryl methyl sites for hydroxylation is 2. The number of aromatic nitrogens is 3. The molecule has 5 heteroatoms. The number of para-hydroxylation sites is 1. The van der Waals surface area contributed by atoms with Gasteiger partial charge in [-0.15, -0.1) is 0 Å². The number of fused-ring (bicyclic) bond motifs is 3. The Morgan fingerprint density at radius 3 is 1.56 bits per heavy atom. The van der Waals surface area contributed by atoms with Gasteiger partial charge in [-0.1, -0.05) is 133 Å². The van der Waals surface area contributed by atoms with Crippen molar-refractivity contribution in [3.05, 3.63) is 210 Å². The average Bonchev–Trinajstić information content (AvgIpc) is 3.65. The maximum atomic E-state index is 9.85. The van der Waals surface area contributed by atoms with Crippen molar-refractivity contribution in [2.24, 2.45) is 0 Å². The Morgan fingerprint density at radius 1 is 0.410 bits per heavy atom. The van der Waals surface area contributed by atoms with Gasteiger partial charge >= 0.3 is 0 Å². The minimum absolute atomic E-state index is 0.584. The molecule has 2 heterocycles. The zero-order valence-electron chi connectivity index (χ0n) is 33.6. The Balaban J connectivity index is 1.31. The number of hydrogen-bond donors (Lipinski definition) is 0. The molecule has 286 valence electrons. The highest BCUT2D eigenvalue weighted by atomic mass is 15.0. The van der Waals surface area contributed by atoms with Crippen molar-refractivity contribution in [1.29, 1.82) is 10.5 Å².